The van der Waals surface area contributed by atoms with E-state index >= 15 is 0 Å². The van der Waals surface area contributed by atoms with Crippen LogP contribution in [-0.2, 0) is 6.42 Å². The summed E-state index contributed by atoms with van der Waals surface area (Å²) in [5.74, 6) is -0.265. The number of rotatable bonds is 3. The van der Waals surface area contributed by atoms with Crippen LogP contribution < -0.4 is 4.74 Å². The highest BCUT2D eigenvalue weighted by molar-refractivity contribution is 7.10. The van der Waals surface area contributed by atoms with Crippen molar-refractivity contribution in [3.63, 3.8) is 0 Å². The lowest BCUT2D eigenvalue weighted by atomic mass is 10.1. The molecule has 2 nitrogen and oxygen atoms in total. The lowest BCUT2D eigenvalue weighted by Crippen LogP contribution is -2.17. The Bertz CT molecular complexity index is 613. The zero-order valence-corrected chi connectivity index (χ0v) is 10.4. The second kappa shape index (κ2) is 5.33. The molecule has 0 fully saturated rings. The molecule has 0 N–H and O–H groups in total. The average molecular weight is 283 g/mol. The monoisotopic (exact) mass is 283 g/mol. The molecule has 0 aliphatic carbocycles. The van der Waals surface area contributed by atoms with Crippen molar-refractivity contribution in [2.24, 2.45) is 0 Å². The first-order chi connectivity index (χ1) is 8.99. The number of benzene rings is 1. The molecule has 98 valence electrons. The van der Waals surface area contributed by atoms with Crippen molar-refractivity contribution in [2.75, 3.05) is 0 Å². The summed E-state index contributed by atoms with van der Waals surface area (Å²) >= 11 is 1.40. The SMILES string of the molecule is N#CCc1sccc1-c1cccc(OC(F)(F)F)c1. The van der Waals surface area contributed by atoms with Gasteiger partial charge in [-0.1, -0.05) is 12.1 Å². The number of nitrogens with zero attached hydrogens (tertiary/aromatic N) is 1. The van der Waals surface area contributed by atoms with Gasteiger partial charge in [0.15, 0.2) is 0 Å². The molecule has 19 heavy (non-hydrogen) atoms. The second-order valence-corrected chi connectivity index (χ2v) is 4.67. The van der Waals surface area contributed by atoms with E-state index < -0.39 is 6.36 Å². The van der Waals surface area contributed by atoms with Gasteiger partial charge in [-0.25, -0.2) is 0 Å². The molecule has 6 heteroatoms. The second-order valence-electron chi connectivity index (χ2n) is 3.67. The summed E-state index contributed by atoms with van der Waals surface area (Å²) in [7, 11) is 0. The van der Waals surface area contributed by atoms with E-state index in [4.69, 9.17) is 5.26 Å². The molecule has 0 unspecified atom stereocenters. The molecular weight excluding hydrogens is 275 g/mol. The predicted molar refractivity (Wildman–Crippen MR) is 65.8 cm³/mol. The van der Waals surface area contributed by atoms with Crippen LogP contribution in [0.15, 0.2) is 35.7 Å². The summed E-state index contributed by atoms with van der Waals surface area (Å²) in [5, 5.41) is 10.5. The van der Waals surface area contributed by atoms with Gasteiger partial charge in [-0.15, -0.1) is 24.5 Å². The highest BCUT2D eigenvalue weighted by Crippen LogP contribution is 2.32. The van der Waals surface area contributed by atoms with Gasteiger partial charge in [-0.3, -0.25) is 0 Å². The third-order valence-corrected chi connectivity index (χ3v) is 3.28. The maximum Gasteiger partial charge on any atom is 0.573 e. The standard InChI is InChI=1S/C13H8F3NOS/c14-13(15,16)18-10-3-1-2-9(8-10)11-5-7-19-12(11)4-6-17/h1-3,5,7-8H,4H2. The van der Waals surface area contributed by atoms with Gasteiger partial charge in [0, 0.05) is 4.88 Å². The third kappa shape index (κ3) is 3.48. The van der Waals surface area contributed by atoms with Crippen molar-refractivity contribution >= 4 is 11.3 Å². The summed E-state index contributed by atoms with van der Waals surface area (Å²) < 4.78 is 40.3. The van der Waals surface area contributed by atoms with E-state index in [1.165, 1.54) is 29.5 Å². The summed E-state index contributed by atoms with van der Waals surface area (Å²) in [5.41, 5.74) is 1.37. The molecule has 2 rings (SSSR count). The Morgan fingerprint density at radius 3 is 2.74 bits per heavy atom. The maximum absolute atomic E-state index is 12.2. The minimum absolute atomic E-state index is 0.233. The molecule has 0 aliphatic heterocycles. The summed E-state index contributed by atoms with van der Waals surface area (Å²) in [4.78, 5) is 0.826. The van der Waals surface area contributed by atoms with Crippen LogP contribution in [0.3, 0.4) is 0 Å². The molecule has 0 atom stereocenters. The maximum atomic E-state index is 12.2. The molecule has 2 aromatic rings. The van der Waals surface area contributed by atoms with E-state index in [-0.39, 0.29) is 12.2 Å². The van der Waals surface area contributed by atoms with Gasteiger partial charge in [0.25, 0.3) is 0 Å². The number of ether oxygens (including phenoxy) is 1. The van der Waals surface area contributed by atoms with Gasteiger partial charge in [-0.05, 0) is 34.7 Å². The molecule has 1 aromatic heterocycles. The van der Waals surface area contributed by atoms with Crippen molar-refractivity contribution in [3.8, 4) is 22.9 Å². The summed E-state index contributed by atoms with van der Waals surface area (Å²) in [6.07, 6.45) is -4.47. The first-order valence-corrected chi connectivity index (χ1v) is 6.17. The molecule has 0 amide bonds. The van der Waals surface area contributed by atoms with E-state index in [0.717, 1.165) is 10.4 Å². The van der Waals surface area contributed by atoms with Crippen LogP contribution in [0.1, 0.15) is 4.88 Å². The van der Waals surface area contributed by atoms with Gasteiger partial charge >= 0.3 is 6.36 Å². The van der Waals surface area contributed by atoms with Gasteiger partial charge in [0.2, 0.25) is 0 Å². The van der Waals surface area contributed by atoms with Crippen molar-refractivity contribution in [1.29, 1.82) is 5.26 Å². The van der Waals surface area contributed by atoms with Gasteiger partial charge in [0.1, 0.15) is 5.75 Å². The summed E-state index contributed by atoms with van der Waals surface area (Å²) in [6.45, 7) is 0. The largest absolute Gasteiger partial charge is 0.573 e. The number of hydrogen-bond acceptors (Lipinski definition) is 3. The fourth-order valence-electron chi connectivity index (χ4n) is 1.67. The number of hydrogen-bond donors (Lipinski definition) is 0. The first-order valence-electron chi connectivity index (χ1n) is 5.29. The molecule has 0 radical (unpaired) electrons. The third-order valence-electron chi connectivity index (χ3n) is 2.36. The fourth-order valence-corrected chi connectivity index (χ4v) is 2.50. The van der Waals surface area contributed by atoms with Crippen molar-refractivity contribution in [1.82, 2.24) is 0 Å². The van der Waals surface area contributed by atoms with E-state index in [1.807, 2.05) is 6.07 Å². The predicted octanol–water partition coefficient (Wildman–Crippen LogP) is 4.38. The van der Waals surface area contributed by atoms with Crippen LogP contribution in [0.4, 0.5) is 13.2 Å². The number of thiophene rings is 1. The van der Waals surface area contributed by atoms with Crippen LogP contribution >= 0.6 is 11.3 Å². The van der Waals surface area contributed by atoms with Crippen LogP contribution in [-0.4, -0.2) is 6.36 Å². The smallest absolute Gasteiger partial charge is 0.406 e. The number of nitriles is 1. The van der Waals surface area contributed by atoms with Crippen molar-refractivity contribution < 1.29 is 17.9 Å². The minimum Gasteiger partial charge on any atom is -0.406 e. The molecule has 0 bridgehead atoms. The molecule has 0 saturated heterocycles. The molecule has 1 heterocycles. The topological polar surface area (TPSA) is 33.0 Å². The van der Waals surface area contributed by atoms with Crippen LogP contribution in [0.25, 0.3) is 11.1 Å². The zero-order chi connectivity index (χ0) is 13.9. The van der Waals surface area contributed by atoms with Gasteiger partial charge in [-0.2, -0.15) is 5.26 Å². The van der Waals surface area contributed by atoms with E-state index in [2.05, 4.69) is 4.74 Å². The average Bonchev–Trinajstić information content (AvgIpc) is 2.76. The minimum atomic E-state index is -4.71. The highest BCUT2D eigenvalue weighted by atomic mass is 32.1. The Morgan fingerprint density at radius 1 is 1.26 bits per heavy atom. The van der Waals surface area contributed by atoms with E-state index in [1.54, 1.807) is 17.5 Å². The molecule has 0 saturated carbocycles. The van der Waals surface area contributed by atoms with Crippen LogP contribution in [0.5, 0.6) is 5.75 Å². The molecule has 1 aromatic carbocycles. The fraction of sp³-hybridized carbons (Fsp3) is 0.154. The Morgan fingerprint density at radius 2 is 2.05 bits per heavy atom. The summed E-state index contributed by atoms with van der Waals surface area (Å²) in [6, 6.07) is 9.55. The Kier molecular flexibility index (Phi) is 3.76. The molecule has 0 aliphatic rings. The number of alkyl halides is 3. The van der Waals surface area contributed by atoms with Crippen LogP contribution in [0.2, 0.25) is 0 Å². The molecular formula is C13H8F3NOS. The Labute approximate surface area is 111 Å². The highest BCUT2D eigenvalue weighted by Gasteiger charge is 2.31. The van der Waals surface area contributed by atoms with E-state index in [9.17, 15) is 13.2 Å². The first kappa shape index (κ1) is 13.4. The quantitative estimate of drug-likeness (QED) is 0.837. The van der Waals surface area contributed by atoms with Crippen molar-refractivity contribution in [3.05, 3.63) is 40.6 Å². The van der Waals surface area contributed by atoms with Gasteiger partial charge < -0.3 is 4.74 Å². The molecule has 0 spiro atoms. The van der Waals surface area contributed by atoms with Gasteiger partial charge in [0.05, 0.1) is 12.5 Å². The van der Waals surface area contributed by atoms with Crippen LogP contribution in [0, 0.1) is 11.3 Å². The Hall–Kier alpha value is -2.00. The Balaban J connectivity index is 2.33. The normalized spacial score (nSPS) is 11.1. The number of halogens is 3. The lowest BCUT2D eigenvalue weighted by Gasteiger charge is -2.10. The zero-order valence-electron chi connectivity index (χ0n) is 9.57. The van der Waals surface area contributed by atoms with E-state index in [0.29, 0.717) is 5.56 Å². The van der Waals surface area contributed by atoms with Crippen molar-refractivity contribution in [2.45, 2.75) is 12.8 Å². The lowest BCUT2D eigenvalue weighted by molar-refractivity contribution is -0.274.